The Balaban J connectivity index is 1.33. The highest BCUT2D eigenvalue weighted by molar-refractivity contribution is 5.97. The van der Waals surface area contributed by atoms with Gasteiger partial charge in [0.25, 0.3) is 5.91 Å². The van der Waals surface area contributed by atoms with E-state index in [0.29, 0.717) is 35.3 Å². The van der Waals surface area contributed by atoms with Gasteiger partial charge in [0.1, 0.15) is 0 Å². The number of nitrogens with one attached hydrogen (secondary N) is 2. The van der Waals surface area contributed by atoms with E-state index in [4.69, 9.17) is 0 Å². The molecule has 2 aliphatic rings. The maximum atomic E-state index is 14.5. The van der Waals surface area contributed by atoms with Gasteiger partial charge in [-0.3, -0.25) is 9.69 Å². The number of ether oxygens (including phenoxy) is 1. The van der Waals surface area contributed by atoms with E-state index >= 15 is 0 Å². The van der Waals surface area contributed by atoms with Gasteiger partial charge in [0.15, 0.2) is 24.1 Å². The highest BCUT2D eigenvalue weighted by Crippen LogP contribution is 2.29. The Labute approximate surface area is 202 Å². The summed E-state index contributed by atoms with van der Waals surface area (Å²) in [7, 11) is 0. The van der Waals surface area contributed by atoms with Crippen LogP contribution in [0.2, 0.25) is 0 Å². The van der Waals surface area contributed by atoms with Gasteiger partial charge >= 0.3 is 12.3 Å². The Morgan fingerprint density at radius 1 is 1.11 bits per heavy atom. The summed E-state index contributed by atoms with van der Waals surface area (Å²) >= 11 is 0. The van der Waals surface area contributed by atoms with Gasteiger partial charge in [-0.05, 0) is 47.4 Å². The Morgan fingerprint density at radius 3 is 2.72 bits per heavy atom. The minimum atomic E-state index is -4.60. The Bertz CT molecular complexity index is 1360. The van der Waals surface area contributed by atoms with Crippen LogP contribution >= 0.6 is 0 Å². The zero-order valence-corrected chi connectivity index (χ0v) is 18.7. The Kier molecular flexibility index (Phi) is 5.94. The van der Waals surface area contributed by atoms with Crippen LogP contribution in [0.25, 0.3) is 11.4 Å². The predicted molar refractivity (Wildman–Crippen MR) is 120 cm³/mol. The first kappa shape index (κ1) is 23.5. The van der Waals surface area contributed by atoms with Gasteiger partial charge in [0.05, 0.1) is 6.20 Å². The third-order valence-electron chi connectivity index (χ3n) is 5.84. The van der Waals surface area contributed by atoms with Gasteiger partial charge in [-0.2, -0.15) is 13.2 Å². The van der Waals surface area contributed by atoms with Crippen molar-refractivity contribution in [1.29, 1.82) is 0 Å². The molecule has 0 bridgehead atoms. The van der Waals surface area contributed by atoms with Crippen molar-refractivity contribution in [1.82, 2.24) is 20.2 Å². The number of fused-ring (bicyclic) bond motifs is 2. The average Bonchev–Trinajstić information content (AvgIpc) is 3.27. The minimum absolute atomic E-state index is 0.0573. The number of hydrogen-bond donors (Lipinski definition) is 2. The zero-order chi connectivity index (χ0) is 25.4. The molecule has 0 aliphatic carbocycles. The normalized spacial score (nSPS) is 14.7. The van der Waals surface area contributed by atoms with Gasteiger partial charge < -0.3 is 15.4 Å². The summed E-state index contributed by atoms with van der Waals surface area (Å²) in [6.07, 6.45) is -3.97. The number of alkyl halides is 3. The minimum Gasteiger partial charge on any atom is -0.440 e. The number of anilines is 2. The molecule has 2 aromatic carbocycles. The lowest BCUT2D eigenvalue weighted by Gasteiger charge is -2.17. The lowest BCUT2D eigenvalue weighted by Crippen LogP contribution is -2.31. The zero-order valence-electron chi connectivity index (χ0n) is 18.7. The van der Waals surface area contributed by atoms with E-state index in [2.05, 4.69) is 25.3 Å². The van der Waals surface area contributed by atoms with E-state index in [1.165, 1.54) is 0 Å². The molecule has 0 radical (unpaired) electrons. The largest absolute Gasteiger partial charge is 0.440 e. The van der Waals surface area contributed by atoms with Gasteiger partial charge in [-0.25, -0.2) is 19.2 Å². The predicted octanol–water partition coefficient (Wildman–Crippen LogP) is 4.33. The van der Waals surface area contributed by atoms with Crippen molar-refractivity contribution >= 4 is 23.5 Å². The van der Waals surface area contributed by atoms with Gasteiger partial charge in [-0.1, -0.05) is 12.1 Å². The highest BCUT2D eigenvalue weighted by atomic mass is 19.4. The molecule has 0 saturated carbocycles. The molecular formula is C24H19F4N5O3. The first-order valence-corrected chi connectivity index (χ1v) is 11.0. The molecule has 1 aromatic heterocycles. The van der Waals surface area contributed by atoms with Crippen molar-refractivity contribution in [3.8, 4) is 11.4 Å². The van der Waals surface area contributed by atoms with E-state index in [1.54, 1.807) is 36.4 Å². The topological polar surface area (TPSA) is 96.5 Å². The fourth-order valence-corrected chi connectivity index (χ4v) is 4.13. The average molecular weight is 501 g/mol. The molecule has 0 atom stereocenters. The molecule has 8 nitrogen and oxygen atoms in total. The monoisotopic (exact) mass is 501 g/mol. The number of nitrogens with zero attached hydrogens (tertiary/aromatic N) is 3. The molecule has 3 aromatic rings. The third-order valence-corrected chi connectivity index (χ3v) is 5.84. The summed E-state index contributed by atoms with van der Waals surface area (Å²) in [5.41, 5.74) is 3.98. The molecule has 2 amide bonds. The summed E-state index contributed by atoms with van der Waals surface area (Å²) in [6, 6.07) is 10.2. The summed E-state index contributed by atoms with van der Waals surface area (Å²) in [5, 5.41) is 5.70. The number of halogens is 4. The molecule has 12 heteroatoms. The molecule has 0 spiro atoms. The molecule has 0 saturated heterocycles. The van der Waals surface area contributed by atoms with Crippen LogP contribution in [0.15, 0.2) is 42.6 Å². The summed E-state index contributed by atoms with van der Waals surface area (Å²) in [4.78, 5) is 33.4. The molecule has 0 fully saturated rings. The molecule has 3 heterocycles. The molecule has 0 unspecified atom stereocenters. The maximum absolute atomic E-state index is 14.5. The Morgan fingerprint density at radius 2 is 1.92 bits per heavy atom. The number of carbonyl (C=O) groups is 2. The number of amides is 2. The second-order valence-corrected chi connectivity index (χ2v) is 8.40. The standard InChI is InChI=1S/C24H19F4N5O3/c25-19-9-30-20(32-21(19)31-17-3-4-18-13(8-17)5-6-29-22(18)34)14-1-2-15-10-33(11-16(15)7-14)23(35)36-12-24(26,27)28/h1-4,7-9H,5-6,10-12H2,(H,29,34)(H,30,31,32). The van der Waals surface area contributed by atoms with Crippen LogP contribution in [0.1, 0.15) is 27.0 Å². The summed E-state index contributed by atoms with van der Waals surface area (Å²) in [5.74, 6) is -0.661. The molecule has 186 valence electrons. The van der Waals surface area contributed by atoms with E-state index in [-0.39, 0.29) is 30.6 Å². The van der Waals surface area contributed by atoms with E-state index in [0.717, 1.165) is 22.2 Å². The number of benzene rings is 2. The summed E-state index contributed by atoms with van der Waals surface area (Å²) in [6.45, 7) is -0.952. The fourth-order valence-electron chi connectivity index (χ4n) is 4.13. The highest BCUT2D eigenvalue weighted by Gasteiger charge is 2.32. The lowest BCUT2D eigenvalue weighted by molar-refractivity contribution is -0.162. The first-order valence-electron chi connectivity index (χ1n) is 11.0. The van der Waals surface area contributed by atoms with Crippen LogP contribution in [0, 0.1) is 5.82 Å². The SMILES string of the molecule is O=C1NCCc2cc(Nc3nc(-c4ccc5c(c4)CN(C(=O)OCC(F)(F)F)C5)ncc3F)ccc21. The van der Waals surface area contributed by atoms with E-state index < -0.39 is 24.7 Å². The second kappa shape index (κ2) is 9.10. The Hall–Kier alpha value is -4.22. The van der Waals surface area contributed by atoms with Crippen molar-refractivity contribution in [2.24, 2.45) is 0 Å². The van der Waals surface area contributed by atoms with Crippen molar-refractivity contribution in [2.75, 3.05) is 18.5 Å². The van der Waals surface area contributed by atoms with Crippen LogP contribution in [0.4, 0.5) is 33.9 Å². The smallest absolute Gasteiger partial charge is 0.422 e. The van der Waals surface area contributed by atoms with Crippen molar-refractivity contribution in [3.63, 3.8) is 0 Å². The van der Waals surface area contributed by atoms with E-state index in [9.17, 15) is 27.2 Å². The lowest BCUT2D eigenvalue weighted by atomic mass is 10.00. The molecule has 36 heavy (non-hydrogen) atoms. The fraction of sp³-hybridized carbons (Fsp3) is 0.250. The van der Waals surface area contributed by atoms with Gasteiger partial charge in [-0.15, -0.1) is 0 Å². The number of aromatic nitrogens is 2. The molecular weight excluding hydrogens is 482 g/mol. The van der Waals surface area contributed by atoms with Crippen molar-refractivity contribution in [3.05, 3.63) is 70.7 Å². The number of hydrogen-bond acceptors (Lipinski definition) is 6. The van der Waals surface area contributed by atoms with Gasteiger partial charge in [0.2, 0.25) is 0 Å². The van der Waals surface area contributed by atoms with Crippen molar-refractivity contribution < 1.29 is 31.9 Å². The number of carbonyl (C=O) groups excluding carboxylic acids is 2. The first-order chi connectivity index (χ1) is 17.2. The second-order valence-electron chi connectivity index (χ2n) is 8.40. The third kappa shape index (κ3) is 4.92. The van der Waals surface area contributed by atoms with Crippen LogP contribution in [-0.4, -0.2) is 46.2 Å². The quantitative estimate of drug-likeness (QED) is 0.517. The van der Waals surface area contributed by atoms with Crippen LogP contribution < -0.4 is 10.6 Å². The molecule has 2 aliphatic heterocycles. The van der Waals surface area contributed by atoms with Crippen LogP contribution in [0.5, 0.6) is 0 Å². The number of rotatable bonds is 4. The maximum Gasteiger partial charge on any atom is 0.422 e. The molecule has 2 N–H and O–H groups in total. The van der Waals surface area contributed by atoms with Crippen molar-refractivity contribution in [2.45, 2.75) is 25.7 Å². The summed E-state index contributed by atoms with van der Waals surface area (Å²) < 4.78 is 55.8. The van der Waals surface area contributed by atoms with E-state index in [1.807, 2.05) is 0 Å². The van der Waals surface area contributed by atoms with Crippen LogP contribution in [0.3, 0.4) is 0 Å². The van der Waals surface area contributed by atoms with Crippen LogP contribution in [-0.2, 0) is 24.2 Å². The van der Waals surface area contributed by atoms with Gasteiger partial charge in [0, 0.05) is 36.4 Å². The molecule has 5 rings (SSSR count).